The Kier molecular flexibility index (Phi) is 11.2. The SMILES string of the molecule is C[C@H]1C(=O)NCCN1C(=O)c1cccc2cc(NC[C@H](CSC(c3ccccc3)(c3ccccc3)c3ccccc3)NC(=O)OC(C)(C)C)ccc12. The van der Waals surface area contributed by atoms with E-state index in [0.717, 1.165) is 33.2 Å². The molecule has 1 heterocycles. The Morgan fingerprint density at radius 1 is 0.846 bits per heavy atom. The maximum absolute atomic E-state index is 13.6. The molecule has 0 saturated carbocycles. The van der Waals surface area contributed by atoms with Crippen LogP contribution in [0.15, 0.2) is 127 Å². The summed E-state index contributed by atoms with van der Waals surface area (Å²) in [5.41, 5.74) is 4.18. The lowest BCUT2D eigenvalue weighted by molar-refractivity contribution is -0.127. The maximum atomic E-state index is 13.6. The zero-order valence-corrected chi connectivity index (χ0v) is 30.9. The fourth-order valence-corrected chi connectivity index (χ4v) is 8.22. The summed E-state index contributed by atoms with van der Waals surface area (Å²) in [5.74, 6) is 0.247. The van der Waals surface area contributed by atoms with E-state index in [9.17, 15) is 14.4 Å². The van der Waals surface area contributed by atoms with Gasteiger partial charge in [0.2, 0.25) is 5.91 Å². The summed E-state index contributed by atoms with van der Waals surface area (Å²) in [6, 6.07) is 42.2. The first-order valence-corrected chi connectivity index (χ1v) is 18.7. The Hall–Kier alpha value is -5.28. The summed E-state index contributed by atoms with van der Waals surface area (Å²) in [6.07, 6.45) is -0.480. The Balaban J connectivity index is 1.29. The molecule has 268 valence electrons. The fourth-order valence-electron chi connectivity index (χ4n) is 6.66. The molecule has 0 bridgehead atoms. The number of piperazine rings is 1. The molecule has 1 aliphatic rings. The van der Waals surface area contributed by atoms with Crippen molar-refractivity contribution in [2.45, 2.75) is 50.1 Å². The van der Waals surface area contributed by atoms with E-state index in [1.54, 1.807) is 23.6 Å². The molecule has 1 saturated heterocycles. The molecule has 0 spiro atoms. The zero-order valence-electron chi connectivity index (χ0n) is 30.1. The van der Waals surface area contributed by atoms with Crippen LogP contribution in [-0.2, 0) is 14.3 Å². The molecule has 2 atom stereocenters. The number of anilines is 1. The summed E-state index contributed by atoms with van der Waals surface area (Å²) in [6.45, 7) is 8.64. The van der Waals surface area contributed by atoms with E-state index >= 15 is 0 Å². The normalized spacial score (nSPS) is 15.4. The van der Waals surface area contributed by atoms with Crippen molar-refractivity contribution in [1.29, 1.82) is 0 Å². The molecule has 0 unspecified atom stereocenters. The highest BCUT2D eigenvalue weighted by atomic mass is 32.2. The summed E-state index contributed by atoms with van der Waals surface area (Å²) in [7, 11) is 0. The van der Waals surface area contributed by atoms with Gasteiger partial charge < -0.3 is 25.6 Å². The van der Waals surface area contributed by atoms with E-state index in [0.29, 0.717) is 31.0 Å². The third-order valence-corrected chi connectivity index (χ3v) is 10.9. The van der Waals surface area contributed by atoms with Crippen molar-refractivity contribution in [3.63, 3.8) is 0 Å². The lowest BCUT2D eigenvalue weighted by atomic mass is 9.84. The number of hydrogen-bond acceptors (Lipinski definition) is 6. The summed E-state index contributed by atoms with van der Waals surface area (Å²) in [4.78, 5) is 40.8. The molecule has 0 aliphatic carbocycles. The Morgan fingerprint density at radius 2 is 1.44 bits per heavy atom. The Bertz CT molecular complexity index is 1900. The summed E-state index contributed by atoms with van der Waals surface area (Å²) < 4.78 is 5.16. The van der Waals surface area contributed by atoms with Crippen molar-refractivity contribution in [2.24, 2.45) is 0 Å². The molecule has 0 radical (unpaired) electrons. The second-order valence-electron chi connectivity index (χ2n) is 14.0. The van der Waals surface area contributed by atoms with Crippen LogP contribution in [0.1, 0.15) is 54.7 Å². The topological polar surface area (TPSA) is 99.8 Å². The number of carbonyl (C=O) groups excluding carboxylic acids is 3. The van der Waals surface area contributed by atoms with Crippen LogP contribution in [0.4, 0.5) is 10.5 Å². The van der Waals surface area contributed by atoms with Crippen LogP contribution in [0.3, 0.4) is 0 Å². The molecule has 0 aromatic heterocycles. The monoisotopic (exact) mass is 714 g/mol. The second kappa shape index (κ2) is 15.9. The average molecular weight is 715 g/mol. The number of carbonyl (C=O) groups is 3. The van der Waals surface area contributed by atoms with Crippen molar-refractivity contribution in [2.75, 3.05) is 30.7 Å². The fraction of sp³-hybridized carbons (Fsp3) is 0.279. The van der Waals surface area contributed by atoms with Crippen molar-refractivity contribution < 1.29 is 19.1 Å². The molecule has 52 heavy (non-hydrogen) atoms. The van der Waals surface area contributed by atoms with Crippen molar-refractivity contribution in [1.82, 2.24) is 15.5 Å². The number of fused-ring (bicyclic) bond motifs is 1. The van der Waals surface area contributed by atoms with E-state index in [1.165, 1.54) is 0 Å². The highest BCUT2D eigenvalue weighted by molar-refractivity contribution is 8.00. The molecular formula is C43H46N4O4S. The number of nitrogens with one attached hydrogen (secondary N) is 3. The molecule has 1 fully saturated rings. The average Bonchev–Trinajstić information content (AvgIpc) is 3.15. The molecular weight excluding hydrogens is 669 g/mol. The van der Waals surface area contributed by atoms with Crippen LogP contribution in [0.2, 0.25) is 0 Å². The van der Waals surface area contributed by atoms with Gasteiger partial charge in [0.1, 0.15) is 11.6 Å². The summed E-state index contributed by atoms with van der Waals surface area (Å²) in [5, 5.41) is 11.2. The highest BCUT2D eigenvalue weighted by Gasteiger charge is 2.38. The van der Waals surface area contributed by atoms with Crippen molar-refractivity contribution in [3.05, 3.63) is 150 Å². The number of thioether (sulfide) groups is 1. The first-order valence-electron chi connectivity index (χ1n) is 17.7. The van der Waals surface area contributed by atoms with Gasteiger partial charge in [0.05, 0.1) is 10.8 Å². The van der Waals surface area contributed by atoms with E-state index in [2.05, 4.69) is 88.7 Å². The number of benzene rings is 5. The van der Waals surface area contributed by atoms with E-state index in [-0.39, 0.29) is 17.9 Å². The number of alkyl carbamates (subject to hydrolysis) is 1. The van der Waals surface area contributed by atoms with Crippen LogP contribution >= 0.6 is 11.8 Å². The van der Waals surface area contributed by atoms with E-state index in [1.807, 2.05) is 75.4 Å². The number of rotatable bonds is 11. The first kappa shape index (κ1) is 36.5. The quantitative estimate of drug-likeness (QED) is 0.121. The lowest BCUT2D eigenvalue weighted by Gasteiger charge is -2.37. The third kappa shape index (κ3) is 8.26. The minimum Gasteiger partial charge on any atom is -0.444 e. The van der Waals surface area contributed by atoms with Crippen LogP contribution in [0.25, 0.3) is 10.8 Å². The lowest BCUT2D eigenvalue weighted by Crippen LogP contribution is -2.55. The highest BCUT2D eigenvalue weighted by Crippen LogP contribution is 2.48. The van der Waals surface area contributed by atoms with Crippen LogP contribution in [-0.4, -0.2) is 65.9 Å². The molecule has 5 aromatic carbocycles. The maximum Gasteiger partial charge on any atom is 0.407 e. The van der Waals surface area contributed by atoms with Crippen LogP contribution in [0, 0.1) is 0 Å². The van der Waals surface area contributed by atoms with Gasteiger partial charge in [0.15, 0.2) is 0 Å². The predicted molar refractivity (Wildman–Crippen MR) is 211 cm³/mol. The van der Waals surface area contributed by atoms with Gasteiger partial charge in [-0.1, -0.05) is 109 Å². The first-order chi connectivity index (χ1) is 25.0. The Labute approximate surface area is 310 Å². The molecule has 3 N–H and O–H groups in total. The van der Waals surface area contributed by atoms with Gasteiger partial charge in [0.25, 0.3) is 5.91 Å². The number of amides is 3. The van der Waals surface area contributed by atoms with Gasteiger partial charge >= 0.3 is 6.09 Å². The van der Waals surface area contributed by atoms with Crippen molar-refractivity contribution >= 4 is 46.1 Å². The number of nitrogens with zero attached hydrogens (tertiary/aromatic N) is 1. The van der Waals surface area contributed by atoms with Gasteiger partial charge in [0, 0.05) is 36.6 Å². The van der Waals surface area contributed by atoms with Gasteiger partial charge in [-0.3, -0.25) is 9.59 Å². The minimum atomic E-state index is -0.652. The smallest absolute Gasteiger partial charge is 0.407 e. The molecule has 1 aliphatic heterocycles. The van der Waals surface area contributed by atoms with Crippen LogP contribution < -0.4 is 16.0 Å². The van der Waals surface area contributed by atoms with Crippen LogP contribution in [0.5, 0.6) is 0 Å². The zero-order chi connectivity index (χ0) is 36.7. The molecule has 8 nitrogen and oxygen atoms in total. The van der Waals surface area contributed by atoms with Gasteiger partial charge in [-0.2, -0.15) is 0 Å². The minimum absolute atomic E-state index is 0.146. The van der Waals surface area contributed by atoms with Crippen molar-refractivity contribution in [3.8, 4) is 0 Å². The van der Waals surface area contributed by atoms with Gasteiger partial charge in [-0.15, -0.1) is 11.8 Å². The summed E-state index contributed by atoms with van der Waals surface area (Å²) >= 11 is 1.77. The third-order valence-electron chi connectivity index (χ3n) is 9.19. The standard InChI is InChI=1S/C43H46N4O4S/c1-30-39(48)44-25-26-47(30)40(49)38-22-14-15-31-27-35(23-24-37(31)38)45-28-36(46-41(50)51-42(2,3)4)29-52-43(32-16-8-5-9-17-32,33-18-10-6-11-19-33)34-20-12-7-13-21-34/h5-24,27,30,36,45H,25-26,28-29H2,1-4H3,(H,44,48)(H,46,50)/t30-,36+/m0/s1. The predicted octanol–water partition coefficient (Wildman–Crippen LogP) is 7.83. The number of hydrogen-bond donors (Lipinski definition) is 3. The molecule has 6 rings (SSSR count). The Morgan fingerprint density at radius 3 is 2.02 bits per heavy atom. The van der Waals surface area contributed by atoms with Gasteiger partial charge in [-0.05, 0) is 73.4 Å². The van der Waals surface area contributed by atoms with E-state index in [4.69, 9.17) is 4.74 Å². The molecule has 5 aromatic rings. The van der Waals surface area contributed by atoms with E-state index < -0.39 is 22.5 Å². The number of ether oxygens (including phenoxy) is 1. The second-order valence-corrected chi connectivity index (χ2v) is 15.3. The molecule has 3 amide bonds. The largest absolute Gasteiger partial charge is 0.444 e. The molecule has 9 heteroatoms. The van der Waals surface area contributed by atoms with Gasteiger partial charge in [-0.25, -0.2) is 4.79 Å².